The van der Waals surface area contributed by atoms with E-state index in [2.05, 4.69) is 26.0 Å². The van der Waals surface area contributed by atoms with Crippen LogP contribution >= 0.6 is 22.7 Å². The van der Waals surface area contributed by atoms with E-state index >= 15 is 0 Å². The zero-order valence-corrected chi connectivity index (χ0v) is 9.65. The summed E-state index contributed by atoms with van der Waals surface area (Å²) >= 11 is 3.28. The molecule has 2 heterocycles. The van der Waals surface area contributed by atoms with E-state index in [4.69, 9.17) is 0 Å². The topological polar surface area (TPSA) is 37.8 Å². The van der Waals surface area contributed by atoms with Gasteiger partial charge in [-0.15, -0.1) is 22.7 Å². The third kappa shape index (κ3) is 1.84. The monoisotopic (exact) mass is 225 g/mol. The highest BCUT2D eigenvalue weighted by atomic mass is 32.1. The number of nitrogens with zero attached hydrogens (tertiary/aromatic N) is 2. The van der Waals surface area contributed by atoms with Crippen molar-refractivity contribution in [3.63, 3.8) is 0 Å². The van der Waals surface area contributed by atoms with Crippen molar-refractivity contribution in [2.24, 2.45) is 0 Å². The molecule has 74 valence electrons. The number of hydrogen-bond donors (Lipinski definition) is 1. The Kier molecular flexibility index (Phi) is 2.90. The van der Waals surface area contributed by atoms with Crippen molar-refractivity contribution in [3.8, 4) is 0 Å². The molecule has 0 aliphatic heterocycles. The van der Waals surface area contributed by atoms with E-state index in [0.29, 0.717) is 0 Å². The Bertz CT molecular complexity index is 394. The Morgan fingerprint density at radius 3 is 2.79 bits per heavy atom. The van der Waals surface area contributed by atoms with Gasteiger partial charge in [-0.2, -0.15) is 0 Å². The van der Waals surface area contributed by atoms with Crippen molar-refractivity contribution < 1.29 is 0 Å². The van der Waals surface area contributed by atoms with E-state index in [1.807, 2.05) is 19.5 Å². The fourth-order valence-electron chi connectivity index (χ4n) is 1.27. The highest BCUT2D eigenvalue weighted by molar-refractivity contribution is 7.09. The van der Waals surface area contributed by atoms with Gasteiger partial charge in [0.1, 0.15) is 11.0 Å². The molecule has 0 aliphatic rings. The standard InChI is InChI=1S/C9H11N3S2/c1-6-3-14-9(12-6)8(10-2)7-4-13-5-11-7/h3-5,8,10H,1-2H3. The van der Waals surface area contributed by atoms with Crippen molar-refractivity contribution in [3.05, 3.63) is 32.7 Å². The van der Waals surface area contributed by atoms with Crippen molar-refractivity contribution >= 4 is 22.7 Å². The Balaban J connectivity index is 2.31. The van der Waals surface area contributed by atoms with Crippen molar-refractivity contribution in [2.75, 3.05) is 7.05 Å². The maximum absolute atomic E-state index is 4.46. The summed E-state index contributed by atoms with van der Waals surface area (Å²) in [5, 5.41) is 8.42. The Hall–Kier alpha value is -0.780. The van der Waals surface area contributed by atoms with Crippen LogP contribution in [0.25, 0.3) is 0 Å². The lowest BCUT2D eigenvalue weighted by molar-refractivity contribution is 0.669. The lowest BCUT2D eigenvalue weighted by atomic mass is 10.2. The predicted molar refractivity (Wildman–Crippen MR) is 59.9 cm³/mol. The van der Waals surface area contributed by atoms with Crippen LogP contribution in [0.1, 0.15) is 22.4 Å². The van der Waals surface area contributed by atoms with E-state index in [1.165, 1.54) is 0 Å². The van der Waals surface area contributed by atoms with Crippen molar-refractivity contribution in [2.45, 2.75) is 13.0 Å². The van der Waals surface area contributed by atoms with Crippen LogP contribution < -0.4 is 5.32 Å². The van der Waals surface area contributed by atoms with Crippen LogP contribution in [0.3, 0.4) is 0 Å². The summed E-state index contributed by atoms with van der Waals surface area (Å²) in [5.74, 6) is 0. The minimum absolute atomic E-state index is 0.139. The first-order valence-electron chi connectivity index (χ1n) is 4.28. The second-order valence-corrected chi connectivity index (χ2v) is 4.57. The Morgan fingerprint density at radius 2 is 2.29 bits per heavy atom. The van der Waals surface area contributed by atoms with E-state index in [1.54, 1.807) is 22.7 Å². The van der Waals surface area contributed by atoms with Gasteiger partial charge in [0.05, 0.1) is 11.2 Å². The van der Waals surface area contributed by atoms with Gasteiger partial charge in [0.15, 0.2) is 0 Å². The highest BCUT2D eigenvalue weighted by Gasteiger charge is 2.16. The molecule has 0 saturated heterocycles. The van der Waals surface area contributed by atoms with E-state index < -0.39 is 0 Å². The minimum Gasteiger partial charge on any atom is -0.306 e. The molecule has 0 saturated carbocycles. The molecule has 3 nitrogen and oxygen atoms in total. The van der Waals surface area contributed by atoms with E-state index in [0.717, 1.165) is 16.4 Å². The summed E-state index contributed by atoms with van der Waals surface area (Å²) in [5.41, 5.74) is 3.97. The summed E-state index contributed by atoms with van der Waals surface area (Å²) < 4.78 is 0. The molecule has 5 heteroatoms. The molecule has 2 aromatic heterocycles. The molecule has 2 rings (SSSR count). The molecule has 14 heavy (non-hydrogen) atoms. The SMILES string of the molecule is CNC(c1cscn1)c1nc(C)cs1. The fourth-order valence-corrected chi connectivity index (χ4v) is 2.76. The third-order valence-electron chi connectivity index (χ3n) is 1.92. The lowest BCUT2D eigenvalue weighted by Gasteiger charge is -2.09. The van der Waals surface area contributed by atoms with Gasteiger partial charge in [-0.25, -0.2) is 9.97 Å². The summed E-state index contributed by atoms with van der Waals surface area (Å²) in [7, 11) is 1.93. The number of aromatic nitrogens is 2. The zero-order chi connectivity index (χ0) is 9.97. The number of rotatable bonds is 3. The molecule has 1 unspecified atom stereocenters. The van der Waals surface area contributed by atoms with Gasteiger partial charge in [0.2, 0.25) is 0 Å². The van der Waals surface area contributed by atoms with Crippen molar-refractivity contribution in [1.29, 1.82) is 0 Å². The number of thiazole rings is 2. The fraction of sp³-hybridized carbons (Fsp3) is 0.333. The molecule has 0 aromatic carbocycles. The summed E-state index contributed by atoms with van der Waals surface area (Å²) in [6, 6.07) is 0.139. The average Bonchev–Trinajstić information content (AvgIpc) is 2.79. The summed E-state index contributed by atoms with van der Waals surface area (Å²) in [4.78, 5) is 8.75. The first-order chi connectivity index (χ1) is 6.81. The molecule has 0 amide bonds. The molecular formula is C9H11N3S2. The second-order valence-electron chi connectivity index (χ2n) is 2.96. The molecule has 1 atom stereocenters. The van der Waals surface area contributed by atoms with Crippen LogP contribution in [-0.4, -0.2) is 17.0 Å². The van der Waals surface area contributed by atoms with Crippen LogP contribution in [0, 0.1) is 6.92 Å². The molecular weight excluding hydrogens is 214 g/mol. The molecule has 0 bridgehead atoms. The van der Waals surface area contributed by atoms with E-state index in [-0.39, 0.29) is 6.04 Å². The predicted octanol–water partition coefficient (Wildman–Crippen LogP) is 2.22. The second kappa shape index (κ2) is 4.16. The van der Waals surface area contributed by atoms with Crippen LogP contribution in [-0.2, 0) is 0 Å². The Morgan fingerprint density at radius 1 is 1.43 bits per heavy atom. The van der Waals surface area contributed by atoms with Crippen LogP contribution in [0.2, 0.25) is 0 Å². The molecule has 0 fully saturated rings. The van der Waals surface area contributed by atoms with Gasteiger partial charge >= 0.3 is 0 Å². The highest BCUT2D eigenvalue weighted by Crippen LogP contribution is 2.24. The maximum atomic E-state index is 4.46. The van der Waals surface area contributed by atoms with E-state index in [9.17, 15) is 0 Å². The van der Waals surface area contributed by atoms with Crippen LogP contribution in [0.4, 0.5) is 0 Å². The number of nitrogens with one attached hydrogen (secondary N) is 1. The molecule has 1 N–H and O–H groups in total. The van der Waals surface area contributed by atoms with Gasteiger partial charge in [-0.3, -0.25) is 0 Å². The van der Waals surface area contributed by atoms with Gasteiger partial charge in [0.25, 0.3) is 0 Å². The smallest absolute Gasteiger partial charge is 0.116 e. The lowest BCUT2D eigenvalue weighted by Crippen LogP contribution is -2.17. The Labute approximate surface area is 90.9 Å². The van der Waals surface area contributed by atoms with Gasteiger partial charge in [-0.1, -0.05) is 0 Å². The zero-order valence-electron chi connectivity index (χ0n) is 8.02. The minimum atomic E-state index is 0.139. The first-order valence-corrected chi connectivity index (χ1v) is 6.11. The summed E-state index contributed by atoms with van der Waals surface area (Å²) in [6.07, 6.45) is 0. The third-order valence-corrected chi connectivity index (χ3v) is 3.55. The molecule has 0 radical (unpaired) electrons. The normalized spacial score (nSPS) is 13.0. The molecule has 0 aliphatic carbocycles. The van der Waals surface area contributed by atoms with Crippen LogP contribution in [0.5, 0.6) is 0 Å². The van der Waals surface area contributed by atoms with Crippen molar-refractivity contribution in [1.82, 2.24) is 15.3 Å². The largest absolute Gasteiger partial charge is 0.306 e. The molecule has 0 spiro atoms. The molecule has 2 aromatic rings. The number of hydrogen-bond acceptors (Lipinski definition) is 5. The van der Waals surface area contributed by atoms with Crippen LogP contribution in [0.15, 0.2) is 16.3 Å². The van der Waals surface area contributed by atoms with Gasteiger partial charge in [-0.05, 0) is 14.0 Å². The van der Waals surface area contributed by atoms with Gasteiger partial charge in [0, 0.05) is 16.5 Å². The maximum Gasteiger partial charge on any atom is 0.116 e. The van der Waals surface area contributed by atoms with Gasteiger partial charge < -0.3 is 5.32 Å². The quantitative estimate of drug-likeness (QED) is 0.870. The first kappa shape index (κ1) is 9.76. The average molecular weight is 225 g/mol. The summed E-state index contributed by atoms with van der Waals surface area (Å²) in [6.45, 7) is 2.01. The number of aryl methyl sites for hydroxylation is 1.